The summed E-state index contributed by atoms with van der Waals surface area (Å²) in [5.41, 5.74) is 0. The molecule has 0 bridgehead atoms. The molecule has 0 radical (unpaired) electrons. The molecule has 1 N–H and O–H groups in total. The van der Waals surface area contributed by atoms with Crippen molar-refractivity contribution in [2.45, 2.75) is 38.6 Å². The van der Waals surface area contributed by atoms with Crippen LogP contribution in [0.4, 0.5) is 0 Å². The van der Waals surface area contributed by atoms with E-state index in [1.165, 1.54) is 0 Å². The van der Waals surface area contributed by atoms with Crippen LogP contribution in [-0.2, 0) is 9.78 Å². The molecule has 3 nitrogen and oxygen atoms in total. The molecule has 9 heavy (non-hydrogen) atoms. The number of aliphatic hydroxyl groups is 1. The van der Waals surface area contributed by atoms with Gasteiger partial charge in [-0.3, -0.25) is 0 Å². The van der Waals surface area contributed by atoms with Crippen LogP contribution in [0, 0.1) is 0 Å². The van der Waals surface area contributed by atoms with Crippen molar-refractivity contribution in [2.24, 2.45) is 0 Å². The second-order valence-corrected chi connectivity index (χ2v) is 2.34. The lowest BCUT2D eigenvalue weighted by molar-refractivity contribution is 0.0192. The van der Waals surface area contributed by atoms with Crippen molar-refractivity contribution in [1.29, 1.82) is 0 Å². The van der Waals surface area contributed by atoms with Crippen molar-refractivity contribution in [3.05, 3.63) is 0 Å². The molecule has 54 valence electrons. The summed E-state index contributed by atoms with van der Waals surface area (Å²) in [5, 5.41) is 8.91. The molecule has 1 rings (SSSR count). The zero-order chi connectivity index (χ0) is 6.74. The van der Waals surface area contributed by atoms with Gasteiger partial charge >= 0.3 is 5.97 Å². The fourth-order valence-electron chi connectivity index (χ4n) is 0.730. The van der Waals surface area contributed by atoms with Crippen LogP contribution in [0.15, 0.2) is 0 Å². The van der Waals surface area contributed by atoms with Gasteiger partial charge < -0.3 is 5.11 Å². The average Bonchev–Trinajstić information content (AvgIpc) is 2.50. The Morgan fingerprint density at radius 3 is 2.44 bits per heavy atom. The van der Waals surface area contributed by atoms with E-state index < -0.39 is 5.97 Å². The minimum atomic E-state index is -1.20. The molecule has 0 aliphatic carbocycles. The minimum absolute atomic E-state index is 0.598. The number of hydrogen-bond donors (Lipinski definition) is 1. The first-order valence-corrected chi connectivity index (χ1v) is 3.36. The third kappa shape index (κ3) is 2.30. The minimum Gasteiger partial charge on any atom is -0.340 e. The first kappa shape index (κ1) is 6.99. The molecule has 0 atom stereocenters. The molecule has 1 saturated heterocycles. The summed E-state index contributed by atoms with van der Waals surface area (Å²) in [6.07, 6.45) is 3.83. The lowest BCUT2D eigenvalue weighted by Gasteiger charge is -1.95. The monoisotopic (exact) mass is 132 g/mol. The quantitative estimate of drug-likeness (QED) is 0.355. The molecule has 0 amide bonds. The Morgan fingerprint density at radius 2 is 2.00 bits per heavy atom. The molecule has 1 fully saturated rings. The van der Waals surface area contributed by atoms with Crippen molar-refractivity contribution >= 4 is 0 Å². The van der Waals surface area contributed by atoms with E-state index in [9.17, 15) is 0 Å². The predicted octanol–water partition coefficient (Wildman–Crippen LogP) is 1.17. The summed E-state index contributed by atoms with van der Waals surface area (Å²) >= 11 is 0. The highest BCUT2D eigenvalue weighted by Gasteiger charge is 2.46. The Labute approximate surface area is 54.5 Å². The third-order valence-electron chi connectivity index (χ3n) is 1.37. The molecule has 0 unspecified atom stereocenters. The van der Waals surface area contributed by atoms with Gasteiger partial charge in [0.2, 0.25) is 0 Å². The third-order valence-corrected chi connectivity index (χ3v) is 1.37. The maximum absolute atomic E-state index is 8.91. The fourth-order valence-corrected chi connectivity index (χ4v) is 0.730. The van der Waals surface area contributed by atoms with Gasteiger partial charge in [-0.1, -0.05) is 19.8 Å². The summed E-state index contributed by atoms with van der Waals surface area (Å²) in [4.78, 5) is 8.60. The first-order valence-electron chi connectivity index (χ1n) is 3.36. The highest BCUT2D eigenvalue weighted by molar-refractivity contribution is 4.57. The van der Waals surface area contributed by atoms with Gasteiger partial charge in [-0.25, -0.2) is 0 Å². The lowest BCUT2D eigenvalue weighted by Crippen LogP contribution is -2.06. The Balaban J connectivity index is 1.92. The summed E-state index contributed by atoms with van der Waals surface area (Å²) in [7, 11) is 0. The zero-order valence-corrected chi connectivity index (χ0v) is 5.59. The summed E-state index contributed by atoms with van der Waals surface area (Å²) in [6, 6.07) is 0. The van der Waals surface area contributed by atoms with Crippen molar-refractivity contribution < 1.29 is 14.9 Å². The molecular weight excluding hydrogens is 120 g/mol. The number of unbranched alkanes of at least 4 members (excludes halogenated alkanes) is 2. The lowest BCUT2D eigenvalue weighted by atomic mass is 10.2. The van der Waals surface area contributed by atoms with Gasteiger partial charge in [0, 0.05) is 6.42 Å². The predicted molar refractivity (Wildman–Crippen MR) is 31.3 cm³/mol. The van der Waals surface area contributed by atoms with Crippen LogP contribution in [0.2, 0.25) is 0 Å². The smallest absolute Gasteiger partial charge is 0.337 e. The molecular formula is C6H12O3. The highest BCUT2D eigenvalue weighted by Crippen LogP contribution is 2.31. The fraction of sp³-hybridized carbons (Fsp3) is 1.00. The van der Waals surface area contributed by atoms with Crippen LogP contribution in [0.3, 0.4) is 0 Å². The van der Waals surface area contributed by atoms with Crippen LogP contribution in [0.1, 0.15) is 32.6 Å². The Kier molecular flexibility index (Phi) is 2.05. The van der Waals surface area contributed by atoms with E-state index >= 15 is 0 Å². The number of rotatable bonds is 4. The van der Waals surface area contributed by atoms with Crippen molar-refractivity contribution in [3.8, 4) is 0 Å². The first-order chi connectivity index (χ1) is 4.27. The van der Waals surface area contributed by atoms with Gasteiger partial charge in [0.1, 0.15) is 0 Å². The second-order valence-electron chi connectivity index (χ2n) is 2.34. The maximum Gasteiger partial charge on any atom is 0.337 e. The average molecular weight is 132 g/mol. The Morgan fingerprint density at radius 1 is 1.33 bits per heavy atom. The Bertz CT molecular complexity index is 88.3. The molecule has 0 aromatic carbocycles. The normalized spacial score (nSPS) is 22.0. The summed E-state index contributed by atoms with van der Waals surface area (Å²) < 4.78 is 0. The van der Waals surface area contributed by atoms with E-state index in [2.05, 4.69) is 16.7 Å². The Hall–Kier alpha value is -0.120. The molecule has 0 aromatic rings. The molecule has 0 saturated carbocycles. The molecule has 1 heterocycles. The largest absolute Gasteiger partial charge is 0.340 e. The molecule has 0 spiro atoms. The van der Waals surface area contributed by atoms with Gasteiger partial charge in [0.15, 0.2) is 0 Å². The van der Waals surface area contributed by atoms with Crippen molar-refractivity contribution in [1.82, 2.24) is 0 Å². The van der Waals surface area contributed by atoms with Crippen molar-refractivity contribution in [2.75, 3.05) is 0 Å². The summed E-state index contributed by atoms with van der Waals surface area (Å²) in [5.74, 6) is -1.20. The van der Waals surface area contributed by atoms with E-state index in [0.717, 1.165) is 19.3 Å². The molecule has 1 aliphatic rings. The molecule has 3 heteroatoms. The van der Waals surface area contributed by atoms with Gasteiger partial charge in [-0.15, -0.1) is 0 Å². The van der Waals surface area contributed by atoms with Crippen molar-refractivity contribution in [3.63, 3.8) is 0 Å². The van der Waals surface area contributed by atoms with Crippen LogP contribution in [0.5, 0.6) is 0 Å². The van der Waals surface area contributed by atoms with Crippen LogP contribution in [0.25, 0.3) is 0 Å². The SMILES string of the molecule is CCCCCC1(O)OO1. The zero-order valence-electron chi connectivity index (χ0n) is 5.59. The van der Waals surface area contributed by atoms with Gasteiger partial charge in [0.25, 0.3) is 0 Å². The van der Waals surface area contributed by atoms with Gasteiger partial charge in [-0.05, 0) is 6.42 Å². The number of hydrogen-bond acceptors (Lipinski definition) is 3. The van der Waals surface area contributed by atoms with Gasteiger partial charge in [-0.2, -0.15) is 9.78 Å². The van der Waals surface area contributed by atoms with Crippen LogP contribution >= 0.6 is 0 Å². The second kappa shape index (κ2) is 2.64. The summed E-state index contributed by atoms with van der Waals surface area (Å²) in [6.45, 7) is 2.11. The van der Waals surface area contributed by atoms with E-state index in [-0.39, 0.29) is 0 Å². The van der Waals surface area contributed by atoms with E-state index in [0.29, 0.717) is 6.42 Å². The van der Waals surface area contributed by atoms with E-state index in [4.69, 9.17) is 5.11 Å². The van der Waals surface area contributed by atoms with E-state index in [1.54, 1.807) is 0 Å². The van der Waals surface area contributed by atoms with Gasteiger partial charge in [0.05, 0.1) is 0 Å². The molecule has 1 aliphatic heterocycles. The highest BCUT2D eigenvalue weighted by atomic mass is 17.4. The maximum atomic E-state index is 8.91. The standard InChI is InChI=1S/C6H12O3/c1-2-3-4-5-6(7)8-9-6/h7H,2-5H2,1H3. The topological polar surface area (TPSA) is 45.3 Å². The van der Waals surface area contributed by atoms with Crippen LogP contribution < -0.4 is 0 Å². The van der Waals surface area contributed by atoms with Crippen LogP contribution in [-0.4, -0.2) is 11.1 Å². The van der Waals surface area contributed by atoms with E-state index in [1.807, 2.05) is 0 Å². The molecule has 0 aromatic heterocycles.